The van der Waals surface area contributed by atoms with E-state index >= 15 is 0 Å². The Morgan fingerprint density at radius 2 is 1.79 bits per heavy atom. The Morgan fingerprint density at radius 1 is 1.11 bits per heavy atom. The molecular weight excluding hydrogens is 376 g/mol. The Bertz CT molecular complexity index is 852. The van der Waals surface area contributed by atoms with E-state index in [0.717, 1.165) is 11.1 Å². The summed E-state index contributed by atoms with van der Waals surface area (Å²) in [6, 6.07) is 14.4. The maximum absolute atomic E-state index is 13.0. The van der Waals surface area contributed by atoms with Crippen molar-refractivity contribution < 1.29 is 18.3 Å². The summed E-state index contributed by atoms with van der Waals surface area (Å²) in [5.74, 6) is 1.04. The summed E-state index contributed by atoms with van der Waals surface area (Å²) >= 11 is 0. The van der Waals surface area contributed by atoms with Gasteiger partial charge in [0, 0.05) is 13.1 Å². The third kappa shape index (κ3) is 6.60. The molecular formula is C21H30N2O4S. The van der Waals surface area contributed by atoms with Crippen molar-refractivity contribution in [2.45, 2.75) is 44.7 Å². The van der Waals surface area contributed by atoms with E-state index in [-0.39, 0.29) is 11.4 Å². The second-order valence-corrected chi connectivity index (χ2v) is 9.04. The fourth-order valence-electron chi connectivity index (χ4n) is 3.00. The van der Waals surface area contributed by atoms with Crippen molar-refractivity contribution in [3.63, 3.8) is 0 Å². The summed E-state index contributed by atoms with van der Waals surface area (Å²) < 4.78 is 31.3. The van der Waals surface area contributed by atoms with Crippen molar-refractivity contribution in [3.05, 3.63) is 59.7 Å². The predicted molar refractivity (Wildman–Crippen MR) is 110 cm³/mol. The smallest absolute Gasteiger partial charge is 0.253 e. The first-order chi connectivity index (χ1) is 13.2. The average molecular weight is 407 g/mol. The molecule has 0 radical (unpaired) electrons. The first kappa shape index (κ1) is 22.4. The van der Waals surface area contributed by atoms with E-state index in [1.807, 2.05) is 30.3 Å². The molecule has 2 rings (SSSR count). The zero-order chi connectivity index (χ0) is 20.7. The molecule has 2 N–H and O–H groups in total. The zero-order valence-electron chi connectivity index (χ0n) is 16.9. The number of aliphatic hydroxyl groups excluding tert-OH is 1. The van der Waals surface area contributed by atoms with Gasteiger partial charge in [0.05, 0.1) is 18.1 Å². The molecule has 0 spiro atoms. The number of hydrogen-bond donors (Lipinski definition) is 2. The number of hydrogen-bond acceptors (Lipinski definition) is 5. The monoisotopic (exact) mass is 406 g/mol. The molecule has 28 heavy (non-hydrogen) atoms. The average Bonchev–Trinajstić information content (AvgIpc) is 2.61. The van der Waals surface area contributed by atoms with E-state index in [1.54, 1.807) is 26.2 Å². The minimum atomic E-state index is -3.80. The summed E-state index contributed by atoms with van der Waals surface area (Å²) in [4.78, 5) is 2.79. The molecule has 1 atom stereocenters. The molecule has 0 saturated heterocycles. The topological polar surface area (TPSA) is 78.9 Å². The van der Waals surface area contributed by atoms with Gasteiger partial charge in [-0.15, -0.1) is 4.83 Å². The number of rotatable bonds is 10. The lowest BCUT2D eigenvalue weighted by atomic mass is 10.0. The number of ether oxygens (including phenoxy) is 1. The van der Waals surface area contributed by atoms with Gasteiger partial charge >= 0.3 is 0 Å². The van der Waals surface area contributed by atoms with Gasteiger partial charge in [-0.3, -0.25) is 0 Å². The molecule has 0 bridgehead atoms. The zero-order valence-corrected chi connectivity index (χ0v) is 17.7. The summed E-state index contributed by atoms with van der Waals surface area (Å²) in [5.41, 5.74) is 1.80. The van der Waals surface area contributed by atoms with E-state index in [0.29, 0.717) is 24.6 Å². The summed E-state index contributed by atoms with van der Waals surface area (Å²) in [6.45, 7) is 6.29. The fourth-order valence-corrected chi connectivity index (χ4v) is 4.13. The molecule has 154 valence electrons. The molecule has 0 unspecified atom stereocenters. The van der Waals surface area contributed by atoms with Crippen molar-refractivity contribution in [1.82, 2.24) is 9.84 Å². The first-order valence-corrected chi connectivity index (χ1v) is 10.9. The normalized spacial score (nSPS) is 13.1. The highest BCUT2D eigenvalue weighted by Crippen LogP contribution is 2.25. The SMILES string of the molecule is COc1ccc(S(=O)(=O)NN(Cc2ccccc2)C[C@@H](C)O)cc1CC(C)C. The third-order valence-electron chi connectivity index (χ3n) is 4.14. The van der Waals surface area contributed by atoms with Gasteiger partial charge in [0.15, 0.2) is 0 Å². The highest BCUT2D eigenvalue weighted by atomic mass is 32.2. The number of hydrazine groups is 1. The number of aliphatic hydroxyl groups is 1. The molecule has 0 aliphatic carbocycles. The summed E-state index contributed by atoms with van der Waals surface area (Å²) in [5, 5.41) is 11.3. The largest absolute Gasteiger partial charge is 0.496 e. The van der Waals surface area contributed by atoms with Crippen LogP contribution in [0.1, 0.15) is 31.9 Å². The van der Waals surface area contributed by atoms with Crippen LogP contribution in [-0.2, 0) is 23.0 Å². The van der Waals surface area contributed by atoms with Crippen LogP contribution in [0.15, 0.2) is 53.4 Å². The molecule has 6 nitrogen and oxygen atoms in total. The molecule has 7 heteroatoms. The Hall–Kier alpha value is -1.93. The van der Waals surface area contributed by atoms with E-state index in [4.69, 9.17) is 4.74 Å². The first-order valence-electron chi connectivity index (χ1n) is 9.37. The second-order valence-electron chi connectivity index (χ2n) is 7.38. The number of sulfonamides is 1. The fraction of sp³-hybridized carbons (Fsp3) is 0.429. The van der Waals surface area contributed by atoms with Gasteiger partial charge in [-0.05, 0) is 48.6 Å². The van der Waals surface area contributed by atoms with Crippen LogP contribution in [-0.4, -0.2) is 38.3 Å². The van der Waals surface area contributed by atoms with Crippen molar-refractivity contribution in [1.29, 1.82) is 0 Å². The Kier molecular flexibility index (Phi) is 8.00. The van der Waals surface area contributed by atoms with Gasteiger partial charge in [-0.1, -0.05) is 44.2 Å². The Morgan fingerprint density at radius 3 is 2.36 bits per heavy atom. The van der Waals surface area contributed by atoms with E-state index in [2.05, 4.69) is 18.7 Å². The van der Waals surface area contributed by atoms with Crippen molar-refractivity contribution in [3.8, 4) is 5.75 Å². The maximum atomic E-state index is 13.0. The molecule has 0 aliphatic rings. The highest BCUT2D eigenvalue weighted by Gasteiger charge is 2.21. The highest BCUT2D eigenvalue weighted by molar-refractivity contribution is 7.89. The molecule has 0 aromatic heterocycles. The van der Waals surface area contributed by atoms with E-state index in [9.17, 15) is 13.5 Å². The van der Waals surface area contributed by atoms with Crippen LogP contribution in [0.3, 0.4) is 0 Å². The number of nitrogens with zero attached hydrogens (tertiary/aromatic N) is 1. The molecule has 2 aromatic rings. The molecule has 0 aliphatic heterocycles. The van der Waals surface area contributed by atoms with Crippen LogP contribution >= 0.6 is 0 Å². The lowest BCUT2D eigenvalue weighted by Gasteiger charge is -2.24. The van der Waals surface area contributed by atoms with Crippen molar-refractivity contribution >= 4 is 10.0 Å². The minimum absolute atomic E-state index is 0.170. The van der Waals surface area contributed by atoms with Gasteiger partial charge < -0.3 is 9.84 Å². The van der Waals surface area contributed by atoms with Crippen LogP contribution in [0.25, 0.3) is 0 Å². The number of methoxy groups -OCH3 is 1. The van der Waals surface area contributed by atoms with E-state index < -0.39 is 16.1 Å². The van der Waals surface area contributed by atoms with Crippen molar-refractivity contribution in [2.75, 3.05) is 13.7 Å². The summed E-state index contributed by atoms with van der Waals surface area (Å²) in [7, 11) is -2.22. The minimum Gasteiger partial charge on any atom is -0.496 e. The Balaban J connectivity index is 2.27. The Labute approximate surface area is 168 Å². The van der Waals surface area contributed by atoms with Gasteiger partial charge in [-0.25, -0.2) is 13.4 Å². The third-order valence-corrected chi connectivity index (χ3v) is 5.51. The van der Waals surface area contributed by atoms with Gasteiger partial charge in [0.25, 0.3) is 10.0 Å². The molecule has 0 fully saturated rings. The standard InChI is InChI=1S/C21H30N2O4S/c1-16(2)12-19-13-20(10-11-21(19)27-4)28(25,26)22-23(14-17(3)24)15-18-8-6-5-7-9-18/h5-11,13,16-17,22,24H,12,14-15H2,1-4H3/t17-/m1/s1. The maximum Gasteiger partial charge on any atom is 0.253 e. The van der Waals surface area contributed by atoms with Crippen LogP contribution in [0.5, 0.6) is 5.75 Å². The molecule has 0 heterocycles. The van der Waals surface area contributed by atoms with Crippen LogP contribution < -0.4 is 9.57 Å². The van der Waals surface area contributed by atoms with Crippen molar-refractivity contribution in [2.24, 2.45) is 5.92 Å². The number of nitrogens with one attached hydrogen (secondary N) is 1. The lowest BCUT2D eigenvalue weighted by molar-refractivity contribution is 0.109. The van der Waals surface area contributed by atoms with E-state index in [1.165, 1.54) is 11.1 Å². The second kappa shape index (κ2) is 10.0. The van der Waals surface area contributed by atoms with Crippen LogP contribution in [0.2, 0.25) is 0 Å². The molecule has 0 saturated carbocycles. The number of benzene rings is 2. The van der Waals surface area contributed by atoms with Gasteiger partial charge in [0.2, 0.25) is 0 Å². The van der Waals surface area contributed by atoms with Gasteiger partial charge in [0.1, 0.15) is 5.75 Å². The van der Waals surface area contributed by atoms with Crippen LogP contribution in [0, 0.1) is 5.92 Å². The molecule has 0 amide bonds. The van der Waals surface area contributed by atoms with Gasteiger partial charge in [-0.2, -0.15) is 0 Å². The predicted octanol–water partition coefficient (Wildman–Crippen LogP) is 2.97. The summed E-state index contributed by atoms with van der Waals surface area (Å²) in [6.07, 6.45) is 0.0345. The molecule has 2 aromatic carbocycles. The van der Waals surface area contributed by atoms with Crippen LogP contribution in [0.4, 0.5) is 0 Å². The quantitative estimate of drug-likeness (QED) is 0.593. The lowest BCUT2D eigenvalue weighted by Crippen LogP contribution is -2.44.